The molecule has 66 valence electrons. The molecule has 1 aromatic carbocycles. The van der Waals surface area contributed by atoms with Gasteiger partial charge in [0.05, 0.1) is 11.0 Å². The van der Waals surface area contributed by atoms with E-state index in [1.54, 1.807) is 13.0 Å². The molecule has 0 saturated carbocycles. The van der Waals surface area contributed by atoms with Crippen molar-refractivity contribution in [2.24, 2.45) is 0 Å². The van der Waals surface area contributed by atoms with Crippen LogP contribution in [0.1, 0.15) is 5.69 Å². The van der Waals surface area contributed by atoms with Crippen LogP contribution in [-0.4, -0.2) is 9.66 Å². The Bertz CT molecular complexity index is 516. The highest BCUT2D eigenvalue weighted by molar-refractivity contribution is 5.74. The molecule has 0 amide bonds. The maximum absolute atomic E-state index is 11.4. The van der Waals surface area contributed by atoms with E-state index in [1.807, 2.05) is 18.2 Å². The summed E-state index contributed by atoms with van der Waals surface area (Å²) in [6.45, 7) is 1.65. The van der Waals surface area contributed by atoms with Crippen LogP contribution in [0.25, 0.3) is 11.0 Å². The van der Waals surface area contributed by atoms with Gasteiger partial charge in [-0.15, -0.1) is 0 Å². The number of hydrogen-bond acceptors (Lipinski definition) is 3. The zero-order valence-corrected chi connectivity index (χ0v) is 7.19. The fraction of sp³-hybridized carbons (Fsp3) is 0.111. The fourth-order valence-electron chi connectivity index (χ4n) is 1.27. The van der Waals surface area contributed by atoms with Crippen LogP contribution < -0.4 is 11.4 Å². The minimum Gasteiger partial charge on any atom is -0.336 e. The first-order chi connectivity index (χ1) is 6.20. The third-order valence-electron chi connectivity index (χ3n) is 1.96. The van der Waals surface area contributed by atoms with Gasteiger partial charge in [-0.25, -0.2) is 9.66 Å². The standard InChI is InChI=1S/C9H9N3O/c1-6-9(13)12(10)8-5-3-2-4-7(8)11-6/h2-5H,10H2,1H3. The highest BCUT2D eigenvalue weighted by Crippen LogP contribution is 2.06. The molecule has 2 rings (SSSR count). The zero-order chi connectivity index (χ0) is 9.42. The zero-order valence-electron chi connectivity index (χ0n) is 7.19. The second kappa shape index (κ2) is 2.58. The Balaban J connectivity index is 3.02. The molecular weight excluding hydrogens is 166 g/mol. The van der Waals surface area contributed by atoms with Gasteiger partial charge < -0.3 is 5.84 Å². The van der Waals surface area contributed by atoms with Crippen LogP contribution in [0.2, 0.25) is 0 Å². The van der Waals surface area contributed by atoms with E-state index < -0.39 is 0 Å². The second-order valence-electron chi connectivity index (χ2n) is 2.86. The molecule has 0 aliphatic heterocycles. The van der Waals surface area contributed by atoms with Gasteiger partial charge in [-0.05, 0) is 19.1 Å². The van der Waals surface area contributed by atoms with Crippen LogP contribution in [0.3, 0.4) is 0 Å². The molecule has 0 bridgehead atoms. The average molecular weight is 175 g/mol. The molecule has 4 heteroatoms. The number of rotatable bonds is 0. The van der Waals surface area contributed by atoms with E-state index in [0.717, 1.165) is 10.2 Å². The maximum atomic E-state index is 11.4. The Morgan fingerprint density at radius 1 is 1.38 bits per heavy atom. The van der Waals surface area contributed by atoms with Gasteiger partial charge in [0, 0.05) is 0 Å². The van der Waals surface area contributed by atoms with E-state index in [1.165, 1.54) is 0 Å². The Morgan fingerprint density at radius 3 is 2.85 bits per heavy atom. The molecule has 0 radical (unpaired) electrons. The number of nitrogens with two attached hydrogens (primary N) is 1. The van der Waals surface area contributed by atoms with Gasteiger partial charge in [0.15, 0.2) is 0 Å². The topological polar surface area (TPSA) is 60.9 Å². The molecule has 1 heterocycles. The summed E-state index contributed by atoms with van der Waals surface area (Å²) >= 11 is 0. The van der Waals surface area contributed by atoms with Gasteiger partial charge in [-0.3, -0.25) is 4.79 Å². The summed E-state index contributed by atoms with van der Waals surface area (Å²) in [5.74, 6) is 5.58. The van der Waals surface area contributed by atoms with E-state index >= 15 is 0 Å². The average Bonchev–Trinajstić information content (AvgIpc) is 2.15. The van der Waals surface area contributed by atoms with E-state index in [0.29, 0.717) is 11.2 Å². The van der Waals surface area contributed by atoms with Gasteiger partial charge in [-0.1, -0.05) is 12.1 Å². The van der Waals surface area contributed by atoms with Crippen molar-refractivity contribution in [3.8, 4) is 0 Å². The third kappa shape index (κ3) is 1.07. The van der Waals surface area contributed by atoms with E-state index in [4.69, 9.17) is 5.84 Å². The SMILES string of the molecule is Cc1nc2ccccc2n(N)c1=O. The lowest BCUT2D eigenvalue weighted by atomic mass is 10.3. The maximum Gasteiger partial charge on any atom is 0.290 e. The molecule has 2 aromatic rings. The molecule has 13 heavy (non-hydrogen) atoms. The van der Waals surface area contributed by atoms with Crippen molar-refractivity contribution < 1.29 is 0 Å². The van der Waals surface area contributed by atoms with Crippen molar-refractivity contribution in [1.29, 1.82) is 0 Å². The number of para-hydroxylation sites is 2. The number of benzene rings is 1. The molecule has 0 atom stereocenters. The van der Waals surface area contributed by atoms with Crippen molar-refractivity contribution in [2.45, 2.75) is 6.92 Å². The highest BCUT2D eigenvalue weighted by Gasteiger charge is 2.03. The first-order valence-corrected chi connectivity index (χ1v) is 3.93. The van der Waals surface area contributed by atoms with Gasteiger partial charge >= 0.3 is 0 Å². The molecule has 0 aliphatic carbocycles. The minimum atomic E-state index is -0.251. The minimum absolute atomic E-state index is 0.251. The number of fused-ring (bicyclic) bond motifs is 1. The normalized spacial score (nSPS) is 10.5. The van der Waals surface area contributed by atoms with Gasteiger partial charge in [0.2, 0.25) is 0 Å². The lowest BCUT2D eigenvalue weighted by molar-refractivity contribution is 0.938. The largest absolute Gasteiger partial charge is 0.336 e. The predicted molar refractivity (Wildman–Crippen MR) is 50.9 cm³/mol. The van der Waals surface area contributed by atoms with Crippen LogP contribution in [-0.2, 0) is 0 Å². The van der Waals surface area contributed by atoms with Crippen molar-refractivity contribution in [2.75, 3.05) is 5.84 Å². The monoisotopic (exact) mass is 175 g/mol. The summed E-state index contributed by atoms with van der Waals surface area (Å²) in [6.07, 6.45) is 0. The lowest BCUT2D eigenvalue weighted by Gasteiger charge is -2.03. The number of hydrogen-bond donors (Lipinski definition) is 1. The molecule has 4 nitrogen and oxygen atoms in total. The Labute approximate surface area is 74.6 Å². The number of nitrogens with zero attached hydrogens (tertiary/aromatic N) is 2. The van der Waals surface area contributed by atoms with Crippen LogP contribution in [0.4, 0.5) is 0 Å². The molecule has 0 unspecified atom stereocenters. The van der Waals surface area contributed by atoms with Crippen molar-refractivity contribution in [3.63, 3.8) is 0 Å². The summed E-state index contributed by atoms with van der Waals surface area (Å²) in [5, 5.41) is 0. The quantitative estimate of drug-likeness (QED) is 0.590. The number of aromatic nitrogens is 2. The number of aryl methyl sites for hydroxylation is 1. The van der Waals surface area contributed by atoms with Gasteiger partial charge in [-0.2, -0.15) is 0 Å². The summed E-state index contributed by atoms with van der Waals surface area (Å²) in [5.41, 5.74) is 1.56. The molecule has 1 aromatic heterocycles. The van der Waals surface area contributed by atoms with Crippen LogP contribution in [0.15, 0.2) is 29.1 Å². The first-order valence-electron chi connectivity index (χ1n) is 3.93. The Hall–Kier alpha value is -1.84. The lowest BCUT2D eigenvalue weighted by Crippen LogP contribution is -2.29. The summed E-state index contributed by atoms with van der Waals surface area (Å²) in [4.78, 5) is 15.5. The molecular formula is C9H9N3O. The fourth-order valence-corrected chi connectivity index (χ4v) is 1.27. The summed E-state index contributed by atoms with van der Waals surface area (Å²) in [6, 6.07) is 7.27. The molecule has 0 saturated heterocycles. The second-order valence-corrected chi connectivity index (χ2v) is 2.86. The molecule has 2 N–H and O–H groups in total. The highest BCUT2D eigenvalue weighted by atomic mass is 16.1. The molecule has 0 aliphatic rings. The van der Waals surface area contributed by atoms with E-state index in [-0.39, 0.29) is 5.56 Å². The van der Waals surface area contributed by atoms with E-state index in [2.05, 4.69) is 4.98 Å². The van der Waals surface area contributed by atoms with Crippen LogP contribution in [0.5, 0.6) is 0 Å². The van der Waals surface area contributed by atoms with Crippen molar-refractivity contribution in [1.82, 2.24) is 9.66 Å². The third-order valence-corrected chi connectivity index (χ3v) is 1.96. The van der Waals surface area contributed by atoms with Crippen LogP contribution in [0, 0.1) is 6.92 Å². The van der Waals surface area contributed by atoms with Crippen LogP contribution >= 0.6 is 0 Å². The Morgan fingerprint density at radius 2 is 2.08 bits per heavy atom. The predicted octanol–water partition coefficient (Wildman–Crippen LogP) is 0.419. The number of nitrogen functional groups attached to an aromatic ring is 1. The Kier molecular flexibility index (Phi) is 1.55. The first kappa shape index (κ1) is 7.79. The molecule has 0 fully saturated rings. The summed E-state index contributed by atoms with van der Waals surface area (Å²) < 4.78 is 1.12. The van der Waals surface area contributed by atoms with Gasteiger partial charge in [0.1, 0.15) is 5.69 Å². The van der Waals surface area contributed by atoms with Crippen molar-refractivity contribution >= 4 is 11.0 Å². The molecule has 0 spiro atoms. The van der Waals surface area contributed by atoms with Crippen molar-refractivity contribution in [3.05, 3.63) is 40.3 Å². The summed E-state index contributed by atoms with van der Waals surface area (Å²) in [7, 11) is 0. The van der Waals surface area contributed by atoms with Gasteiger partial charge in [0.25, 0.3) is 5.56 Å². The van der Waals surface area contributed by atoms with E-state index in [9.17, 15) is 4.79 Å². The smallest absolute Gasteiger partial charge is 0.290 e.